The number of hydrogen-bond donors (Lipinski definition) is 0. The Morgan fingerprint density at radius 1 is 1.23 bits per heavy atom. The molecule has 71 valence electrons. The molecule has 1 radical (unpaired) electrons. The van der Waals surface area contributed by atoms with Crippen LogP contribution in [0.4, 0.5) is 0 Å². The van der Waals surface area contributed by atoms with Crippen LogP contribution in [0.2, 0.25) is 0 Å². The molecule has 0 saturated carbocycles. The standard InChI is InChI=1S/C12H18N/c1-2-11(9-6-10-13)12-7-4-3-5-8-12/h3-5,7-8,11,13H,2,6,9-10H2,1H3. The Kier molecular flexibility index (Phi) is 4.55. The summed E-state index contributed by atoms with van der Waals surface area (Å²) >= 11 is 0. The van der Waals surface area contributed by atoms with E-state index >= 15 is 0 Å². The van der Waals surface area contributed by atoms with E-state index in [2.05, 4.69) is 37.3 Å². The van der Waals surface area contributed by atoms with E-state index in [0.29, 0.717) is 12.5 Å². The molecule has 0 heterocycles. The van der Waals surface area contributed by atoms with Gasteiger partial charge < -0.3 is 0 Å². The largest absolute Gasteiger partial charge is 0.258 e. The maximum atomic E-state index is 7.13. The van der Waals surface area contributed by atoms with Gasteiger partial charge in [-0.25, -0.2) is 0 Å². The molecule has 1 rings (SSSR count). The van der Waals surface area contributed by atoms with Gasteiger partial charge >= 0.3 is 0 Å². The first-order valence-corrected chi connectivity index (χ1v) is 5.08. The Bertz CT molecular complexity index is 218. The van der Waals surface area contributed by atoms with Gasteiger partial charge in [-0.15, -0.1) is 0 Å². The molecular formula is C12H18N. The fraction of sp³-hybridized carbons (Fsp3) is 0.500. The average molecular weight is 176 g/mol. The van der Waals surface area contributed by atoms with E-state index in [0.717, 1.165) is 12.8 Å². The van der Waals surface area contributed by atoms with Gasteiger partial charge in [-0.1, -0.05) is 37.3 Å². The number of rotatable bonds is 5. The normalized spacial score (nSPS) is 12.8. The Balaban J connectivity index is 2.56. The lowest BCUT2D eigenvalue weighted by Gasteiger charge is -2.14. The molecule has 0 bridgehead atoms. The van der Waals surface area contributed by atoms with Gasteiger partial charge in [0.15, 0.2) is 0 Å². The highest BCUT2D eigenvalue weighted by atomic mass is 14.5. The predicted molar refractivity (Wildman–Crippen MR) is 56.7 cm³/mol. The zero-order chi connectivity index (χ0) is 9.52. The lowest BCUT2D eigenvalue weighted by atomic mass is 9.92. The van der Waals surface area contributed by atoms with Gasteiger partial charge in [-0.05, 0) is 30.7 Å². The molecule has 1 heteroatoms. The molecule has 1 N–H and O–H groups in total. The molecule has 0 aliphatic rings. The molecule has 0 amide bonds. The molecular weight excluding hydrogens is 158 g/mol. The number of benzene rings is 1. The van der Waals surface area contributed by atoms with Crippen LogP contribution in [0.25, 0.3) is 0 Å². The first-order chi connectivity index (χ1) is 6.38. The van der Waals surface area contributed by atoms with Crippen LogP contribution in [0.3, 0.4) is 0 Å². The lowest BCUT2D eigenvalue weighted by Crippen LogP contribution is -1.98. The molecule has 1 aromatic carbocycles. The van der Waals surface area contributed by atoms with Crippen LogP contribution in [0, 0.1) is 0 Å². The summed E-state index contributed by atoms with van der Waals surface area (Å²) in [6.45, 7) is 2.78. The minimum absolute atomic E-state index is 0.559. The van der Waals surface area contributed by atoms with E-state index in [1.54, 1.807) is 0 Å². The summed E-state index contributed by atoms with van der Waals surface area (Å²) in [5.41, 5.74) is 8.56. The van der Waals surface area contributed by atoms with Crippen molar-refractivity contribution in [3.63, 3.8) is 0 Å². The molecule has 1 aromatic rings. The van der Waals surface area contributed by atoms with Crippen molar-refractivity contribution in [3.8, 4) is 0 Å². The zero-order valence-corrected chi connectivity index (χ0v) is 8.29. The SMILES string of the molecule is CCC(CCC[NH])c1ccccc1. The van der Waals surface area contributed by atoms with Gasteiger partial charge in [-0.2, -0.15) is 0 Å². The summed E-state index contributed by atoms with van der Waals surface area (Å²) in [4.78, 5) is 0. The third kappa shape index (κ3) is 3.19. The quantitative estimate of drug-likeness (QED) is 0.657. The molecule has 0 fully saturated rings. The highest BCUT2D eigenvalue weighted by Crippen LogP contribution is 2.23. The van der Waals surface area contributed by atoms with Crippen LogP contribution in [0.15, 0.2) is 30.3 Å². The van der Waals surface area contributed by atoms with Crippen molar-refractivity contribution >= 4 is 0 Å². The minimum atomic E-state index is 0.559. The Labute approximate surface area is 81.0 Å². The van der Waals surface area contributed by atoms with E-state index in [-0.39, 0.29) is 0 Å². The first kappa shape index (κ1) is 10.3. The van der Waals surface area contributed by atoms with Crippen molar-refractivity contribution < 1.29 is 0 Å². The Morgan fingerprint density at radius 2 is 1.92 bits per heavy atom. The number of nitrogens with one attached hydrogen (secondary N) is 1. The monoisotopic (exact) mass is 176 g/mol. The van der Waals surface area contributed by atoms with Gasteiger partial charge in [0.1, 0.15) is 0 Å². The molecule has 1 nitrogen and oxygen atoms in total. The first-order valence-electron chi connectivity index (χ1n) is 5.08. The van der Waals surface area contributed by atoms with Gasteiger partial charge in [-0.3, -0.25) is 5.73 Å². The molecule has 0 aliphatic carbocycles. The Hall–Kier alpha value is -0.820. The van der Waals surface area contributed by atoms with Crippen molar-refractivity contribution in [3.05, 3.63) is 35.9 Å². The second-order valence-corrected chi connectivity index (χ2v) is 3.41. The van der Waals surface area contributed by atoms with Gasteiger partial charge in [0.2, 0.25) is 0 Å². The fourth-order valence-electron chi connectivity index (χ4n) is 1.68. The van der Waals surface area contributed by atoms with Crippen LogP contribution in [0.5, 0.6) is 0 Å². The van der Waals surface area contributed by atoms with E-state index in [1.165, 1.54) is 12.0 Å². The van der Waals surface area contributed by atoms with Crippen LogP contribution in [0.1, 0.15) is 37.7 Å². The average Bonchev–Trinajstić information content (AvgIpc) is 2.21. The molecule has 0 aromatic heterocycles. The van der Waals surface area contributed by atoms with E-state index in [4.69, 9.17) is 5.73 Å². The van der Waals surface area contributed by atoms with Gasteiger partial charge in [0.25, 0.3) is 0 Å². The van der Waals surface area contributed by atoms with E-state index < -0.39 is 0 Å². The second kappa shape index (κ2) is 5.76. The highest BCUT2D eigenvalue weighted by Gasteiger charge is 2.07. The summed E-state index contributed by atoms with van der Waals surface area (Å²) in [6.07, 6.45) is 3.36. The van der Waals surface area contributed by atoms with Crippen LogP contribution >= 0.6 is 0 Å². The van der Waals surface area contributed by atoms with Gasteiger partial charge in [0.05, 0.1) is 0 Å². The van der Waals surface area contributed by atoms with Gasteiger partial charge in [0, 0.05) is 6.54 Å². The zero-order valence-electron chi connectivity index (χ0n) is 8.29. The maximum Gasteiger partial charge on any atom is 0.01000 e. The molecule has 0 saturated heterocycles. The minimum Gasteiger partial charge on any atom is -0.258 e. The third-order valence-corrected chi connectivity index (χ3v) is 2.49. The predicted octanol–water partition coefficient (Wildman–Crippen LogP) is 3.24. The molecule has 1 atom stereocenters. The fourth-order valence-corrected chi connectivity index (χ4v) is 1.68. The smallest absolute Gasteiger partial charge is 0.01000 e. The summed E-state index contributed by atoms with van der Waals surface area (Å²) < 4.78 is 0. The number of hydrogen-bond acceptors (Lipinski definition) is 0. The summed E-state index contributed by atoms with van der Waals surface area (Å²) in [5, 5.41) is 0. The van der Waals surface area contributed by atoms with Crippen LogP contribution < -0.4 is 5.73 Å². The molecule has 1 unspecified atom stereocenters. The molecule has 13 heavy (non-hydrogen) atoms. The van der Waals surface area contributed by atoms with E-state index in [1.807, 2.05) is 0 Å². The van der Waals surface area contributed by atoms with E-state index in [9.17, 15) is 0 Å². The van der Waals surface area contributed by atoms with Crippen molar-refractivity contribution in [2.45, 2.75) is 32.1 Å². The highest BCUT2D eigenvalue weighted by molar-refractivity contribution is 5.19. The topological polar surface area (TPSA) is 23.8 Å². The summed E-state index contributed by atoms with van der Waals surface area (Å²) in [7, 11) is 0. The van der Waals surface area contributed by atoms with Crippen molar-refractivity contribution in [1.29, 1.82) is 0 Å². The lowest BCUT2D eigenvalue weighted by molar-refractivity contribution is 0.578. The molecule has 0 spiro atoms. The summed E-state index contributed by atoms with van der Waals surface area (Å²) in [6, 6.07) is 10.6. The van der Waals surface area contributed by atoms with Crippen LogP contribution in [-0.2, 0) is 0 Å². The van der Waals surface area contributed by atoms with Crippen molar-refractivity contribution in [1.82, 2.24) is 5.73 Å². The molecule has 0 aliphatic heterocycles. The Morgan fingerprint density at radius 3 is 2.46 bits per heavy atom. The van der Waals surface area contributed by atoms with Crippen molar-refractivity contribution in [2.75, 3.05) is 6.54 Å². The maximum absolute atomic E-state index is 7.13. The van der Waals surface area contributed by atoms with Crippen molar-refractivity contribution in [2.24, 2.45) is 0 Å². The second-order valence-electron chi connectivity index (χ2n) is 3.41. The summed E-state index contributed by atoms with van der Waals surface area (Å²) in [5.74, 6) is 0.659. The van der Waals surface area contributed by atoms with Crippen LogP contribution in [-0.4, -0.2) is 6.54 Å². The third-order valence-electron chi connectivity index (χ3n) is 2.49.